The van der Waals surface area contributed by atoms with E-state index in [-0.39, 0.29) is 0 Å². The molecule has 2 N–H and O–H groups in total. The van der Waals surface area contributed by atoms with Crippen molar-refractivity contribution in [1.82, 2.24) is 0 Å². The maximum Gasteiger partial charge on any atom is 0.172 e. The fraction of sp³-hybridized carbons (Fsp3) is 0.188. The third kappa shape index (κ3) is 1.80. The van der Waals surface area contributed by atoms with E-state index in [0.29, 0.717) is 5.92 Å². The fourth-order valence-corrected chi connectivity index (χ4v) is 2.68. The Kier molecular flexibility index (Phi) is 2.63. The summed E-state index contributed by atoms with van der Waals surface area (Å²) in [5, 5.41) is 0. The molecule has 1 aliphatic heterocycles. The zero-order valence-corrected chi connectivity index (χ0v) is 10.5. The number of benzene rings is 2. The van der Waals surface area contributed by atoms with E-state index in [9.17, 15) is 0 Å². The first-order valence-electron chi connectivity index (χ1n) is 6.24. The van der Waals surface area contributed by atoms with E-state index in [2.05, 4.69) is 54.2 Å². The second kappa shape index (κ2) is 4.30. The number of likely N-dealkylation sites (N-methyl/N-ethyl adjacent to an activating group) is 1. The van der Waals surface area contributed by atoms with Crippen molar-refractivity contribution in [2.24, 2.45) is 0 Å². The predicted octanol–water partition coefficient (Wildman–Crippen LogP) is 2.48. The highest BCUT2D eigenvalue weighted by atomic mass is 15.0. The third-order valence-electron chi connectivity index (χ3n) is 3.57. The van der Waals surface area contributed by atoms with Crippen LogP contribution in [0.1, 0.15) is 22.6 Å². The van der Waals surface area contributed by atoms with Crippen molar-refractivity contribution in [3.8, 4) is 0 Å². The number of nitrogen functional groups attached to an aromatic ring is 1. The maximum absolute atomic E-state index is 6.09. The number of hydrogen-bond donors (Lipinski definition) is 1. The van der Waals surface area contributed by atoms with Crippen molar-refractivity contribution >= 4 is 11.9 Å². The summed E-state index contributed by atoms with van der Waals surface area (Å²) in [6, 6.07) is 16.8. The van der Waals surface area contributed by atoms with Crippen molar-refractivity contribution in [3.05, 3.63) is 65.2 Å². The highest BCUT2D eigenvalue weighted by Crippen LogP contribution is 2.31. The standard InChI is InChI=1S/C16H16N2/c1-18-10-14(12-6-3-2-4-7-12)13-8-5-9-16(17)15(13)11-18/h2-9,11,14,17H,10H2,1H3/p+1. The quantitative estimate of drug-likeness (QED) is 0.599. The van der Waals surface area contributed by atoms with Crippen molar-refractivity contribution in [2.45, 2.75) is 5.92 Å². The molecular weight excluding hydrogens is 220 g/mol. The molecule has 2 nitrogen and oxygen atoms in total. The minimum atomic E-state index is 0.402. The zero-order valence-electron chi connectivity index (χ0n) is 10.5. The van der Waals surface area contributed by atoms with Gasteiger partial charge in [-0.2, -0.15) is 0 Å². The van der Waals surface area contributed by atoms with Crippen molar-refractivity contribution in [1.29, 1.82) is 0 Å². The van der Waals surface area contributed by atoms with Gasteiger partial charge < -0.3 is 5.73 Å². The Labute approximate surface area is 107 Å². The van der Waals surface area contributed by atoms with Gasteiger partial charge in [0.1, 0.15) is 7.05 Å². The molecule has 0 saturated heterocycles. The fourth-order valence-electron chi connectivity index (χ4n) is 2.68. The molecule has 0 radical (unpaired) electrons. The summed E-state index contributed by atoms with van der Waals surface area (Å²) in [7, 11) is 2.10. The van der Waals surface area contributed by atoms with E-state index in [1.54, 1.807) is 0 Å². The van der Waals surface area contributed by atoms with Crippen molar-refractivity contribution in [2.75, 3.05) is 19.3 Å². The number of rotatable bonds is 1. The Bertz CT molecular complexity index is 600. The molecule has 2 heteroatoms. The Balaban J connectivity index is 2.16. The summed E-state index contributed by atoms with van der Waals surface area (Å²) < 4.78 is 2.22. The van der Waals surface area contributed by atoms with Gasteiger partial charge >= 0.3 is 0 Å². The molecule has 2 aromatic rings. The zero-order chi connectivity index (χ0) is 12.5. The first kappa shape index (κ1) is 11.0. The van der Waals surface area contributed by atoms with Gasteiger partial charge in [-0.15, -0.1) is 0 Å². The van der Waals surface area contributed by atoms with Gasteiger partial charge in [0.05, 0.1) is 11.5 Å². The van der Waals surface area contributed by atoms with Gasteiger partial charge in [0.15, 0.2) is 12.8 Å². The first-order chi connectivity index (χ1) is 8.75. The molecule has 0 saturated carbocycles. The Hall–Kier alpha value is -2.09. The van der Waals surface area contributed by atoms with Crippen LogP contribution in [-0.2, 0) is 0 Å². The van der Waals surface area contributed by atoms with Gasteiger partial charge in [-0.1, -0.05) is 42.5 Å². The van der Waals surface area contributed by atoms with Crippen LogP contribution in [0.4, 0.5) is 5.69 Å². The van der Waals surface area contributed by atoms with Crippen LogP contribution in [-0.4, -0.2) is 24.4 Å². The molecule has 0 bridgehead atoms. The molecule has 0 amide bonds. The average Bonchev–Trinajstić information content (AvgIpc) is 2.40. The van der Waals surface area contributed by atoms with Crippen LogP contribution >= 0.6 is 0 Å². The van der Waals surface area contributed by atoms with E-state index in [1.807, 2.05) is 12.1 Å². The molecule has 0 aliphatic carbocycles. The number of fused-ring (bicyclic) bond motifs is 1. The molecule has 1 aliphatic rings. The lowest BCUT2D eigenvalue weighted by Gasteiger charge is -2.22. The molecule has 1 unspecified atom stereocenters. The molecule has 0 spiro atoms. The second-order valence-electron chi connectivity index (χ2n) is 4.88. The van der Waals surface area contributed by atoms with Crippen LogP contribution in [0.15, 0.2) is 48.5 Å². The monoisotopic (exact) mass is 237 g/mol. The molecule has 18 heavy (non-hydrogen) atoms. The first-order valence-corrected chi connectivity index (χ1v) is 6.24. The van der Waals surface area contributed by atoms with Gasteiger partial charge in [-0.3, -0.25) is 0 Å². The van der Waals surface area contributed by atoms with Crippen LogP contribution < -0.4 is 5.73 Å². The van der Waals surface area contributed by atoms with E-state index in [1.165, 1.54) is 16.7 Å². The predicted molar refractivity (Wildman–Crippen MR) is 75.4 cm³/mol. The second-order valence-corrected chi connectivity index (χ2v) is 4.88. The summed E-state index contributed by atoms with van der Waals surface area (Å²) in [5.41, 5.74) is 10.8. The highest BCUT2D eigenvalue weighted by Gasteiger charge is 2.26. The average molecular weight is 237 g/mol. The summed E-state index contributed by atoms with van der Waals surface area (Å²) in [5.74, 6) is 0.402. The SMILES string of the molecule is C[N+]1=Cc2c(N)cccc2C(c2ccccc2)C1. The molecule has 1 atom stereocenters. The molecule has 3 rings (SSSR count). The topological polar surface area (TPSA) is 29.0 Å². The summed E-state index contributed by atoms with van der Waals surface area (Å²) >= 11 is 0. The third-order valence-corrected chi connectivity index (χ3v) is 3.57. The minimum Gasteiger partial charge on any atom is -0.398 e. The van der Waals surface area contributed by atoms with E-state index < -0.39 is 0 Å². The smallest absolute Gasteiger partial charge is 0.172 e. The van der Waals surface area contributed by atoms with Crippen LogP contribution in [0.25, 0.3) is 0 Å². The number of hydrogen-bond acceptors (Lipinski definition) is 1. The maximum atomic E-state index is 6.09. The van der Waals surface area contributed by atoms with Crippen LogP contribution in [0.3, 0.4) is 0 Å². The molecule has 0 aromatic heterocycles. The van der Waals surface area contributed by atoms with Gasteiger partial charge in [0.2, 0.25) is 0 Å². The van der Waals surface area contributed by atoms with Crippen LogP contribution in [0.2, 0.25) is 0 Å². The minimum absolute atomic E-state index is 0.402. The number of anilines is 1. The van der Waals surface area contributed by atoms with Gasteiger partial charge in [0, 0.05) is 5.69 Å². The lowest BCUT2D eigenvalue weighted by Crippen LogP contribution is -2.25. The summed E-state index contributed by atoms with van der Waals surface area (Å²) in [6.07, 6.45) is 2.14. The van der Waals surface area contributed by atoms with Crippen molar-refractivity contribution in [3.63, 3.8) is 0 Å². The molecular formula is C16H17N2+. The molecule has 0 fully saturated rings. The Morgan fingerprint density at radius 1 is 1.06 bits per heavy atom. The van der Waals surface area contributed by atoms with Crippen LogP contribution in [0.5, 0.6) is 0 Å². The number of nitrogens with zero attached hydrogens (tertiary/aromatic N) is 1. The molecule has 90 valence electrons. The lowest BCUT2D eigenvalue weighted by molar-refractivity contribution is -0.495. The van der Waals surface area contributed by atoms with E-state index in [4.69, 9.17) is 5.73 Å². The van der Waals surface area contributed by atoms with Gasteiger partial charge in [0.25, 0.3) is 0 Å². The summed E-state index contributed by atoms with van der Waals surface area (Å²) in [6.45, 7) is 1.00. The van der Waals surface area contributed by atoms with E-state index >= 15 is 0 Å². The van der Waals surface area contributed by atoms with Gasteiger partial charge in [-0.25, -0.2) is 4.58 Å². The normalized spacial score (nSPS) is 18.1. The largest absolute Gasteiger partial charge is 0.398 e. The highest BCUT2D eigenvalue weighted by molar-refractivity contribution is 5.87. The van der Waals surface area contributed by atoms with Crippen molar-refractivity contribution < 1.29 is 4.58 Å². The van der Waals surface area contributed by atoms with Gasteiger partial charge in [-0.05, 0) is 17.2 Å². The van der Waals surface area contributed by atoms with Crippen LogP contribution in [0, 0.1) is 0 Å². The lowest BCUT2D eigenvalue weighted by atomic mass is 9.86. The Morgan fingerprint density at radius 3 is 2.61 bits per heavy atom. The molecule has 1 heterocycles. The number of nitrogens with two attached hydrogens (primary N) is 1. The summed E-state index contributed by atoms with van der Waals surface area (Å²) in [4.78, 5) is 0. The molecule has 2 aromatic carbocycles. The Morgan fingerprint density at radius 2 is 1.83 bits per heavy atom. The van der Waals surface area contributed by atoms with E-state index in [0.717, 1.165) is 12.2 Å².